The standard InChI is InChI=1S/C45H27N3OS/c1-3-10-28(11-4-1)29-18-20-31(21-19-29)43-46-44(48-45(47-43)33-22-24-36-35-14-7-8-17-39(35)49-40(36)27-33)32-23-25-41-38(26-32)37-16-9-15-34(42(37)50-41)30-12-5-2-6-13-30/h1-27H. The molecule has 0 saturated carbocycles. The topological polar surface area (TPSA) is 51.8 Å². The molecule has 0 aliphatic carbocycles. The second-order valence-corrected chi connectivity index (χ2v) is 13.5. The van der Waals surface area contributed by atoms with E-state index in [9.17, 15) is 0 Å². The lowest BCUT2D eigenvalue weighted by atomic mass is 10.0. The van der Waals surface area contributed by atoms with Gasteiger partial charge in [0.1, 0.15) is 11.2 Å². The van der Waals surface area contributed by atoms with Crippen LogP contribution in [0.25, 0.3) is 98.5 Å². The Hall–Kier alpha value is -6.43. The Morgan fingerprint density at radius 2 is 0.920 bits per heavy atom. The first-order valence-electron chi connectivity index (χ1n) is 16.6. The van der Waals surface area contributed by atoms with Crippen molar-refractivity contribution < 1.29 is 4.42 Å². The van der Waals surface area contributed by atoms with Crippen molar-refractivity contribution in [1.82, 2.24) is 15.0 Å². The molecule has 0 amide bonds. The number of hydrogen-bond acceptors (Lipinski definition) is 5. The minimum absolute atomic E-state index is 0.598. The summed E-state index contributed by atoms with van der Waals surface area (Å²) in [5.74, 6) is 1.85. The van der Waals surface area contributed by atoms with Crippen LogP contribution in [-0.4, -0.2) is 15.0 Å². The molecule has 0 radical (unpaired) electrons. The third kappa shape index (κ3) is 4.87. The van der Waals surface area contributed by atoms with Crippen LogP contribution < -0.4 is 0 Å². The molecule has 0 bridgehead atoms. The maximum absolute atomic E-state index is 6.25. The van der Waals surface area contributed by atoms with Crippen LogP contribution in [0.4, 0.5) is 0 Å². The molecule has 10 aromatic rings. The second-order valence-electron chi connectivity index (χ2n) is 12.4. The van der Waals surface area contributed by atoms with Crippen LogP contribution in [0.5, 0.6) is 0 Å². The number of benzene rings is 7. The van der Waals surface area contributed by atoms with E-state index in [0.29, 0.717) is 17.5 Å². The van der Waals surface area contributed by atoms with E-state index >= 15 is 0 Å². The fourth-order valence-electron chi connectivity index (χ4n) is 6.85. The van der Waals surface area contributed by atoms with Crippen LogP contribution in [0.15, 0.2) is 168 Å². The van der Waals surface area contributed by atoms with Crippen LogP contribution in [0, 0.1) is 0 Å². The Kier molecular flexibility index (Phi) is 6.64. The summed E-state index contributed by atoms with van der Waals surface area (Å²) >= 11 is 1.83. The first kappa shape index (κ1) is 28.6. The molecule has 0 saturated heterocycles. The Balaban J connectivity index is 1.13. The lowest BCUT2D eigenvalue weighted by molar-refractivity contribution is 0.669. The maximum Gasteiger partial charge on any atom is 0.164 e. The van der Waals surface area contributed by atoms with Gasteiger partial charge in [0.25, 0.3) is 0 Å². The van der Waals surface area contributed by atoms with Crippen LogP contribution in [0.1, 0.15) is 0 Å². The second kappa shape index (κ2) is 11.6. The smallest absolute Gasteiger partial charge is 0.164 e. The van der Waals surface area contributed by atoms with E-state index in [0.717, 1.165) is 44.2 Å². The molecule has 3 aromatic heterocycles. The number of fused-ring (bicyclic) bond motifs is 6. The van der Waals surface area contributed by atoms with Gasteiger partial charge in [-0.25, -0.2) is 15.0 Å². The van der Waals surface area contributed by atoms with E-state index < -0.39 is 0 Å². The molecular formula is C45H27N3OS. The molecule has 0 unspecified atom stereocenters. The van der Waals surface area contributed by atoms with Crippen molar-refractivity contribution in [2.75, 3.05) is 0 Å². The van der Waals surface area contributed by atoms with Gasteiger partial charge < -0.3 is 4.42 Å². The van der Waals surface area contributed by atoms with Gasteiger partial charge >= 0.3 is 0 Å². The van der Waals surface area contributed by atoms with Gasteiger partial charge in [0, 0.05) is 47.6 Å². The summed E-state index contributed by atoms with van der Waals surface area (Å²) in [6.45, 7) is 0. The molecule has 0 aliphatic heterocycles. The number of para-hydroxylation sites is 1. The summed E-state index contributed by atoms with van der Waals surface area (Å²) in [6, 6.07) is 56.9. The van der Waals surface area contributed by atoms with Crippen LogP contribution >= 0.6 is 11.3 Å². The van der Waals surface area contributed by atoms with Gasteiger partial charge in [-0.2, -0.15) is 0 Å². The molecule has 7 aromatic carbocycles. The van der Waals surface area contributed by atoms with Gasteiger partial charge in [-0.05, 0) is 58.7 Å². The zero-order valence-electron chi connectivity index (χ0n) is 26.7. The third-order valence-electron chi connectivity index (χ3n) is 9.36. The molecule has 5 heteroatoms. The van der Waals surface area contributed by atoms with Crippen molar-refractivity contribution in [3.63, 3.8) is 0 Å². The average molecular weight is 658 g/mol. The Labute approximate surface area is 292 Å². The predicted molar refractivity (Wildman–Crippen MR) is 207 cm³/mol. The third-order valence-corrected chi connectivity index (χ3v) is 10.6. The average Bonchev–Trinajstić information content (AvgIpc) is 3.76. The zero-order valence-corrected chi connectivity index (χ0v) is 27.6. The largest absolute Gasteiger partial charge is 0.456 e. The van der Waals surface area contributed by atoms with E-state index in [1.54, 1.807) is 0 Å². The highest BCUT2D eigenvalue weighted by Crippen LogP contribution is 2.41. The molecule has 234 valence electrons. The van der Waals surface area contributed by atoms with Crippen LogP contribution in [0.3, 0.4) is 0 Å². The summed E-state index contributed by atoms with van der Waals surface area (Å²) in [5.41, 5.74) is 9.18. The Morgan fingerprint density at radius 3 is 1.70 bits per heavy atom. The first-order chi connectivity index (χ1) is 24.7. The van der Waals surface area contributed by atoms with Crippen molar-refractivity contribution in [1.29, 1.82) is 0 Å². The van der Waals surface area contributed by atoms with Gasteiger partial charge in [0.15, 0.2) is 17.5 Å². The lowest BCUT2D eigenvalue weighted by Gasteiger charge is -2.09. The van der Waals surface area contributed by atoms with Gasteiger partial charge in [-0.1, -0.05) is 127 Å². The fourth-order valence-corrected chi connectivity index (χ4v) is 8.07. The number of hydrogen-bond donors (Lipinski definition) is 0. The van der Waals surface area contributed by atoms with E-state index in [1.807, 2.05) is 41.7 Å². The number of thiophene rings is 1. The molecular weight excluding hydrogens is 631 g/mol. The molecule has 4 nitrogen and oxygen atoms in total. The van der Waals surface area contributed by atoms with Crippen LogP contribution in [-0.2, 0) is 0 Å². The van der Waals surface area contributed by atoms with E-state index in [-0.39, 0.29) is 0 Å². The molecule has 3 heterocycles. The quantitative estimate of drug-likeness (QED) is 0.185. The predicted octanol–water partition coefficient (Wildman–Crippen LogP) is 12.5. The van der Waals surface area contributed by atoms with Crippen molar-refractivity contribution in [3.8, 4) is 56.4 Å². The van der Waals surface area contributed by atoms with Crippen molar-refractivity contribution in [3.05, 3.63) is 164 Å². The first-order valence-corrected chi connectivity index (χ1v) is 17.4. The fraction of sp³-hybridized carbons (Fsp3) is 0. The SMILES string of the molecule is c1ccc(-c2ccc(-c3nc(-c4ccc5c(c4)oc4ccccc45)nc(-c4ccc5sc6c(-c7ccccc7)cccc6c5c4)n3)cc2)cc1. The summed E-state index contributed by atoms with van der Waals surface area (Å²) in [6.07, 6.45) is 0. The minimum Gasteiger partial charge on any atom is -0.456 e. The molecule has 0 N–H and O–H groups in total. The van der Waals surface area contributed by atoms with Gasteiger partial charge in [0.05, 0.1) is 0 Å². The number of nitrogens with zero attached hydrogens (tertiary/aromatic N) is 3. The van der Waals surface area contributed by atoms with Crippen molar-refractivity contribution >= 4 is 53.4 Å². The lowest BCUT2D eigenvalue weighted by Crippen LogP contribution is -2.00. The van der Waals surface area contributed by atoms with Gasteiger partial charge in [0.2, 0.25) is 0 Å². The Morgan fingerprint density at radius 1 is 0.360 bits per heavy atom. The van der Waals surface area contributed by atoms with E-state index in [2.05, 4.69) is 133 Å². The molecule has 0 aliphatic rings. The highest BCUT2D eigenvalue weighted by molar-refractivity contribution is 7.26. The van der Waals surface area contributed by atoms with E-state index in [1.165, 1.54) is 36.9 Å². The molecule has 0 spiro atoms. The minimum atomic E-state index is 0.598. The summed E-state index contributed by atoms with van der Waals surface area (Å²) in [5, 5.41) is 4.59. The van der Waals surface area contributed by atoms with E-state index in [4.69, 9.17) is 19.4 Å². The number of aromatic nitrogens is 3. The zero-order chi connectivity index (χ0) is 33.0. The molecule has 0 fully saturated rings. The maximum atomic E-state index is 6.25. The highest BCUT2D eigenvalue weighted by Gasteiger charge is 2.17. The number of furan rings is 1. The molecule has 50 heavy (non-hydrogen) atoms. The van der Waals surface area contributed by atoms with Crippen molar-refractivity contribution in [2.45, 2.75) is 0 Å². The van der Waals surface area contributed by atoms with Crippen LogP contribution in [0.2, 0.25) is 0 Å². The highest BCUT2D eigenvalue weighted by atomic mass is 32.1. The Bertz CT molecular complexity index is 2860. The number of rotatable bonds is 5. The monoisotopic (exact) mass is 657 g/mol. The summed E-state index contributed by atoms with van der Waals surface area (Å²) in [7, 11) is 0. The molecule has 10 rings (SSSR count). The van der Waals surface area contributed by atoms with Gasteiger partial charge in [-0.15, -0.1) is 11.3 Å². The summed E-state index contributed by atoms with van der Waals surface area (Å²) in [4.78, 5) is 15.2. The molecule has 0 atom stereocenters. The normalized spacial score (nSPS) is 11.6. The van der Waals surface area contributed by atoms with Crippen molar-refractivity contribution in [2.24, 2.45) is 0 Å². The summed E-state index contributed by atoms with van der Waals surface area (Å²) < 4.78 is 8.76. The van der Waals surface area contributed by atoms with Gasteiger partial charge in [-0.3, -0.25) is 0 Å².